The van der Waals surface area contributed by atoms with Crippen LogP contribution in [0.5, 0.6) is 0 Å². The standard InChI is InChI=1S/C20H26N2O2S/c21-18-8-4-7-16(18)11-20(24)22(12-15-5-2-1-3-6-15)13-19(23)17-9-10-25-14-17/h1-3,5-6,9-10,14,16,18-19,23H,4,7-8,11-13,21H2/t16-,18+,19?/m0/s1. The number of rotatable bonds is 7. The van der Waals surface area contributed by atoms with Crippen molar-refractivity contribution in [2.75, 3.05) is 6.54 Å². The van der Waals surface area contributed by atoms with Crippen molar-refractivity contribution in [1.29, 1.82) is 0 Å². The predicted octanol–water partition coefficient (Wildman–Crippen LogP) is 3.33. The van der Waals surface area contributed by atoms with Crippen LogP contribution in [0.2, 0.25) is 0 Å². The van der Waals surface area contributed by atoms with Crippen LogP contribution in [-0.2, 0) is 11.3 Å². The second-order valence-electron chi connectivity index (χ2n) is 6.89. The van der Waals surface area contributed by atoms with Gasteiger partial charge in [-0.2, -0.15) is 11.3 Å². The van der Waals surface area contributed by atoms with Crippen LogP contribution in [0.4, 0.5) is 0 Å². The molecule has 1 aromatic heterocycles. The molecule has 0 radical (unpaired) electrons. The fourth-order valence-corrected chi connectivity index (χ4v) is 4.22. The van der Waals surface area contributed by atoms with Gasteiger partial charge in [-0.25, -0.2) is 0 Å². The molecule has 1 unspecified atom stereocenters. The van der Waals surface area contributed by atoms with Crippen molar-refractivity contribution in [1.82, 2.24) is 4.90 Å². The summed E-state index contributed by atoms with van der Waals surface area (Å²) in [7, 11) is 0. The lowest BCUT2D eigenvalue weighted by Gasteiger charge is -2.27. The summed E-state index contributed by atoms with van der Waals surface area (Å²) in [6, 6.07) is 12.0. The molecule has 1 amide bonds. The largest absolute Gasteiger partial charge is 0.387 e. The van der Waals surface area contributed by atoms with E-state index in [1.807, 2.05) is 47.2 Å². The van der Waals surface area contributed by atoms with Gasteiger partial charge in [0.25, 0.3) is 0 Å². The number of carbonyl (C=O) groups is 1. The van der Waals surface area contributed by atoms with E-state index in [9.17, 15) is 9.90 Å². The molecule has 2 aromatic rings. The predicted molar refractivity (Wildman–Crippen MR) is 101 cm³/mol. The molecule has 4 nitrogen and oxygen atoms in total. The Morgan fingerprint density at radius 2 is 2.08 bits per heavy atom. The van der Waals surface area contributed by atoms with Crippen molar-refractivity contribution in [3.8, 4) is 0 Å². The maximum absolute atomic E-state index is 12.9. The molecule has 1 aromatic carbocycles. The van der Waals surface area contributed by atoms with E-state index >= 15 is 0 Å². The summed E-state index contributed by atoms with van der Waals surface area (Å²) < 4.78 is 0. The van der Waals surface area contributed by atoms with Gasteiger partial charge in [0.05, 0.1) is 12.6 Å². The van der Waals surface area contributed by atoms with Crippen LogP contribution in [0.1, 0.15) is 42.9 Å². The van der Waals surface area contributed by atoms with E-state index in [0.717, 1.165) is 30.4 Å². The van der Waals surface area contributed by atoms with Crippen molar-refractivity contribution >= 4 is 17.2 Å². The zero-order valence-electron chi connectivity index (χ0n) is 14.4. The number of nitrogens with zero attached hydrogens (tertiary/aromatic N) is 1. The average Bonchev–Trinajstić information content (AvgIpc) is 3.28. The van der Waals surface area contributed by atoms with Crippen molar-refractivity contribution < 1.29 is 9.90 Å². The molecule has 1 fully saturated rings. The summed E-state index contributed by atoms with van der Waals surface area (Å²) >= 11 is 1.55. The molecular formula is C20H26N2O2S. The topological polar surface area (TPSA) is 66.6 Å². The lowest BCUT2D eigenvalue weighted by atomic mass is 9.99. The van der Waals surface area contributed by atoms with Gasteiger partial charge in [0.1, 0.15) is 0 Å². The summed E-state index contributed by atoms with van der Waals surface area (Å²) in [4.78, 5) is 14.7. The van der Waals surface area contributed by atoms with E-state index in [1.54, 1.807) is 16.2 Å². The maximum atomic E-state index is 12.9. The van der Waals surface area contributed by atoms with Crippen LogP contribution in [-0.4, -0.2) is 28.5 Å². The van der Waals surface area contributed by atoms with Crippen LogP contribution in [0.25, 0.3) is 0 Å². The highest BCUT2D eigenvalue weighted by atomic mass is 32.1. The highest BCUT2D eigenvalue weighted by Gasteiger charge is 2.29. The van der Waals surface area contributed by atoms with Crippen LogP contribution >= 0.6 is 11.3 Å². The lowest BCUT2D eigenvalue weighted by molar-refractivity contribution is -0.134. The minimum atomic E-state index is -0.656. The first kappa shape index (κ1) is 18.1. The average molecular weight is 359 g/mol. The third-order valence-electron chi connectivity index (χ3n) is 5.04. The molecule has 1 saturated carbocycles. The molecule has 3 N–H and O–H groups in total. The van der Waals surface area contributed by atoms with E-state index in [2.05, 4.69) is 0 Å². The van der Waals surface area contributed by atoms with E-state index in [4.69, 9.17) is 5.73 Å². The van der Waals surface area contributed by atoms with Crippen LogP contribution in [0, 0.1) is 5.92 Å². The lowest BCUT2D eigenvalue weighted by Crippen LogP contribution is -2.37. The van der Waals surface area contributed by atoms with Gasteiger partial charge >= 0.3 is 0 Å². The Labute approximate surface area is 153 Å². The molecule has 3 rings (SSSR count). The molecule has 3 atom stereocenters. The summed E-state index contributed by atoms with van der Waals surface area (Å²) in [6.45, 7) is 0.829. The number of benzene rings is 1. The van der Waals surface area contributed by atoms with Crippen LogP contribution in [0.15, 0.2) is 47.2 Å². The van der Waals surface area contributed by atoms with Crippen LogP contribution < -0.4 is 5.73 Å². The molecule has 0 aliphatic heterocycles. The Morgan fingerprint density at radius 1 is 1.28 bits per heavy atom. The number of aliphatic hydroxyl groups is 1. The summed E-state index contributed by atoms with van der Waals surface area (Å²) in [5, 5.41) is 14.4. The Bertz CT molecular complexity index is 660. The highest BCUT2D eigenvalue weighted by molar-refractivity contribution is 7.07. The molecule has 0 spiro atoms. The van der Waals surface area contributed by atoms with Gasteiger partial charge in [-0.05, 0) is 46.7 Å². The minimum Gasteiger partial charge on any atom is -0.387 e. The summed E-state index contributed by atoms with van der Waals surface area (Å²) in [6.07, 6.45) is 2.96. The van der Waals surface area contributed by atoms with E-state index in [0.29, 0.717) is 19.5 Å². The third-order valence-corrected chi connectivity index (χ3v) is 5.75. The Morgan fingerprint density at radius 3 is 2.72 bits per heavy atom. The van der Waals surface area contributed by atoms with Gasteiger partial charge in [-0.3, -0.25) is 4.79 Å². The van der Waals surface area contributed by atoms with Gasteiger partial charge in [0.2, 0.25) is 5.91 Å². The highest BCUT2D eigenvalue weighted by Crippen LogP contribution is 2.28. The molecule has 0 bridgehead atoms. The number of amides is 1. The Balaban J connectivity index is 1.69. The second kappa shape index (κ2) is 8.61. The first-order valence-electron chi connectivity index (χ1n) is 8.91. The number of aliphatic hydroxyl groups excluding tert-OH is 1. The quantitative estimate of drug-likeness (QED) is 0.798. The molecule has 25 heavy (non-hydrogen) atoms. The van der Waals surface area contributed by atoms with Crippen LogP contribution in [0.3, 0.4) is 0 Å². The number of hydrogen-bond donors (Lipinski definition) is 2. The Kier molecular flexibility index (Phi) is 6.24. The third kappa shape index (κ3) is 4.91. The Hall–Kier alpha value is -1.69. The second-order valence-corrected chi connectivity index (χ2v) is 7.67. The minimum absolute atomic E-state index is 0.0838. The molecule has 0 saturated heterocycles. The van der Waals surface area contributed by atoms with Gasteiger partial charge in [-0.1, -0.05) is 36.8 Å². The summed E-state index contributed by atoms with van der Waals surface area (Å²) in [5.74, 6) is 0.351. The number of hydrogen-bond acceptors (Lipinski definition) is 4. The fraction of sp³-hybridized carbons (Fsp3) is 0.450. The summed E-state index contributed by atoms with van der Waals surface area (Å²) in [5.41, 5.74) is 8.08. The van der Waals surface area contributed by atoms with Gasteiger partial charge < -0.3 is 15.7 Å². The SMILES string of the molecule is N[C@@H]1CCC[C@H]1CC(=O)N(Cc1ccccc1)CC(O)c1ccsc1. The van der Waals surface area contributed by atoms with E-state index in [-0.39, 0.29) is 17.9 Å². The molecule has 1 aliphatic carbocycles. The molecule has 5 heteroatoms. The number of thiophene rings is 1. The zero-order valence-corrected chi connectivity index (χ0v) is 15.2. The maximum Gasteiger partial charge on any atom is 0.223 e. The smallest absolute Gasteiger partial charge is 0.223 e. The van der Waals surface area contributed by atoms with Crippen molar-refractivity contribution in [3.05, 3.63) is 58.3 Å². The van der Waals surface area contributed by atoms with Crippen molar-refractivity contribution in [3.63, 3.8) is 0 Å². The molecular weight excluding hydrogens is 332 g/mol. The first-order valence-corrected chi connectivity index (χ1v) is 9.85. The number of carbonyl (C=O) groups excluding carboxylic acids is 1. The molecule has 1 aliphatic rings. The normalized spacial score (nSPS) is 21.2. The van der Waals surface area contributed by atoms with E-state index < -0.39 is 6.10 Å². The van der Waals surface area contributed by atoms with Gasteiger partial charge in [-0.15, -0.1) is 0 Å². The number of nitrogens with two attached hydrogens (primary N) is 1. The van der Waals surface area contributed by atoms with Gasteiger partial charge in [0, 0.05) is 19.0 Å². The first-order chi connectivity index (χ1) is 12.1. The fourth-order valence-electron chi connectivity index (χ4n) is 3.51. The van der Waals surface area contributed by atoms with E-state index in [1.165, 1.54) is 0 Å². The molecule has 134 valence electrons. The monoisotopic (exact) mass is 358 g/mol. The van der Waals surface area contributed by atoms with Crippen molar-refractivity contribution in [2.24, 2.45) is 11.7 Å². The van der Waals surface area contributed by atoms with Crippen molar-refractivity contribution in [2.45, 2.75) is 44.4 Å². The zero-order chi connectivity index (χ0) is 17.6. The van der Waals surface area contributed by atoms with Gasteiger partial charge in [0.15, 0.2) is 0 Å². The molecule has 1 heterocycles.